The molecule has 2 amide bonds. The molecule has 0 bridgehead atoms. The van der Waals surface area contributed by atoms with Gasteiger partial charge in [0.05, 0.1) is 6.61 Å². The summed E-state index contributed by atoms with van der Waals surface area (Å²) in [6.45, 7) is 9.99. The summed E-state index contributed by atoms with van der Waals surface area (Å²) < 4.78 is 5.94. The highest BCUT2D eigenvalue weighted by atomic mass is 16.5. The zero-order chi connectivity index (χ0) is 28.3. The Balaban J connectivity index is 1.20. The molecular weight excluding hydrogens is 502 g/mol. The van der Waals surface area contributed by atoms with Crippen molar-refractivity contribution in [2.24, 2.45) is 11.8 Å². The number of piperazine rings is 1. The molecule has 0 aromatic heterocycles. The summed E-state index contributed by atoms with van der Waals surface area (Å²) in [7, 11) is 2.14. The van der Waals surface area contributed by atoms with E-state index in [1.54, 1.807) is 0 Å². The molecule has 1 aliphatic carbocycles. The molecule has 2 aromatic rings. The number of hydrogen-bond donors (Lipinski definition) is 3. The van der Waals surface area contributed by atoms with Crippen molar-refractivity contribution in [1.82, 2.24) is 15.5 Å². The fourth-order valence-electron chi connectivity index (χ4n) is 5.41. The Bertz CT molecular complexity index is 1060. The summed E-state index contributed by atoms with van der Waals surface area (Å²) in [5, 5.41) is 9.28. The fourth-order valence-corrected chi connectivity index (χ4v) is 5.41. The second kappa shape index (κ2) is 14.9. The van der Waals surface area contributed by atoms with Gasteiger partial charge in [0.25, 0.3) is 5.91 Å². The lowest BCUT2D eigenvalue weighted by molar-refractivity contribution is -0.123. The molecule has 0 spiro atoms. The van der Waals surface area contributed by atoms with Crippen LogP contribution in [0.1, 0.15) is 56.3 Å². The van der Waals surface area contributed by atoms with Gasteiger partial charge in [-0.2, -0.15) is 0 Å². The number of rotatable bonds is 13. The first kappa shape index (κ1) is 29.7. The molecule has 218 valence electrons. The number of hydrogen-bond acceptors (Lipinski definition) is 6. The van der Waals surface area contributed by atoms with Crippen LogP contribution in [0, 0.1) is 11.8 Å². The van der Waals surface area contributed by atoms with Crippen LogP contribution in [0.2, 0.25) is 0 Å². The van der Waals surface area contributed by atoms with Crippen molar-refractivity contribution in [3.8, 4) is 5.75 Å². The number of ether oxygens (including phenoxy) is 1. The lowest BCUT2D eigenvalue weighted by Crippen LogP contribution is -2.48. The average molecular weight is 550 g/mol. The Morgan fingerprint density at radius 1 is 0.925 bits per heavy atom. The Morgan fingerprint density at radius 2 is 1.60 bits per heavy atom. The van der Waals surface area contributed by atoms with E-state index in [0.717, 1.165) is 49.9 Å². The van der Waals surface area contributed by atoms with Crippen molar-refractivity contribution in [2.75, 3.05) is 63.1 Å². The summed E-state index contributed by atoms with van der Waals surface area (Å²) >= 11 is 0. The van der Waals surface area contributed by atoms with Crippen molar-refractivity contribution in [1.29, 1.82) is 0 Å². The number of benzene rings is 2. The molecule has 2 fully saturated rings. The van der Waals surface area contributed by atoms with Crippen molar-refractivity contribution in [3.05, 3.63) is 54.1 Å². The van der Waals surface area contributed by atoms with Crippen LogP contribution in [-0.2, 0) is 4.79 Å². The summed E-state index contributed by atoms with van der Waals surface area (Å²) in [5.74, 6) is 1.47. The van der Waals surface area contributed by atoms with Gasteiger partial charge < -0.3 is 30.5 Å². The highest BCUT2D eigenvalue weighted by Gasteiger charge is 2.23. The van der Waals surface area contributed by atoms with Gasteiger partial charge in [0.15, 0.2) is 0 Å². The fraction of sp³-hybridized carbons (Fsp3) is 0.562. The van der Waals surface area contributed by atoms with E-state index in [1.165, 1.54) is 25.7 Å². The van der Waals surface area contributed by atoms with E-state index in [4.69, 9.17) is 4.74 Å². The number of carbonyl (C=O) groups is 2. The quantitative estimate of drug-likeness (QED) is 0.322. The Labute approximate surface area is 239 Å². The first-order valence-corrected chi connectivity index (χ1v) is 15.0. The normalized spacial score (nSPS) is 17.1. The minimum atomic E-state index is -0.582. The predicted octanol–water partition coefficient (Wildman–Crippen LogP) is 4.38. The van der Waals surface area contributed by atoms with Crippen LogP contribution in [0.25, 0.3) is 0 Å². The minimum absolute atomic E-state index is 0.159. The molecule has 1 aliphatic heterocycles. The maximum atomic E-state index is 13.0. The van der Waals surface area contributed by atoms with E-state index < -0.39 is 6.04 Å². The molecule has 1 heterocycles. The molecule has 2 aromatic carbocycles. The zero-order valence-corrected chi connectivity index (χ0v) is 24.5. The molecule has 40 heavy (non-hydrogen) atoms. The van der Waals surface area contributed by atoms with Gasteiger partial charge in [0.1, 0.15) is 11.8 Å². The molecule has 3 N–H and O–H groups in total. The maximum Gasteiger partial charge on any atom is 0.251 e. The van der Waals surface area contributed by atoms with Crippen molar-refractivity contribution in [3.63, 3.8) is 0 Å². The van der Waals surface area contributed by atoms with Gasteiger partial charge in [-0.3, -0.25) is 9.59 Å². The van der Waals surface area contributed by atoms with Crippen LogP contribution in [0.5, 0.6) is 5.75 Å². The van der Waals surface area contributed by atoms with Crippen molar-refractivity contribution >= 4 is 23.2 Å². The van der Waals surface area contributed by atoms with Gasteiger partial charge in [0, 0.05) is 56.2 Å². The maximum absolute atomic E-state index is 13.0. The van der Waals surface area contributed by atoms with E-state index in [1.807, 2.05) is 48.5 Å². The van der Waals surface area contributed by atoms with Crippen LogP contribution in [0.4, 0.5) is 11.4 Å². The molecule has 0 radical (unpaired) electrons. The lowest BCUT2D eigenvalue weighted by atomic mass is 10.0. The second-order valence-corrected chi connectivity index (χ2v) is 11.7. The first-order valence-electron chi connectivity index (χ1n) is 15.0. The zero-order valence-electron chi connectivity index (χ0n) is 24.5. The molecule has 8 nitrogen and oxygen atoms in total. The van der Waals surface area contributed by atoms with Gasteiger partial charge in [-0.1, -0.05) is 26.7 Å². The van der Waals surface area contributed by atoms with Gasteiger partial charge >= 0.3 is 0 Å². The van der Waals surface area contributed by atoms with E-state index in [-0.39, 0.29) is 17.7 Å². The van der Waals surface area contributed by atoms with E-state index in [2.05, 4.69) is 46.6 Å². The third-order valence-corrected chi connectivity index (χ3v) is 7.89. The molecule has 0 unspecified atom stereocenters. The minimum Gasteiger partial charge on any atom is -0.493 e. The van der Waals surface area contributed by atoms with Crippen LogP contribution in [0.15, 0.2) is 48.5 Å². The second-order valence-electron chi connectivity index (χ2n) is 11.7. The molecular formula is C32H47N5O3. The number of likely N-dealkylation sites (N-methyl/N-ethyl adjacent to an activating group) is 1. The van der Waals surface area contributed by atoms with Gasteiger partial charge in [-0.25, -0.2) is 0 Å². The molecule has 1 saturated heterocycles. The van der Waals surface area contributed by atoms with E-state index in [0.29, 0.717) is 31.0 Å². The molecule has 1 atom stereocenters. The van der Waals surface area contributed by atoms with Crippen LogP contribution in [-0.4, -0.2) is 75.7 Å². The molecule has 1 saturated carbocycles. The third-order valence-electron chi connectivity index (χ3n) is 7.89. The Kier molecular flexibility index (Phi) is 11.1. The summed E-state index contributed by atoms with van der Waals surface area (Å²) in [6.07, 6.45) is 5.77. The molecule has 2 aliphatic rings. The van der Waals surface area contributed by atoms with Gasteiger partial charge in [0.2, 0.25) is 5.91 Å². The van der Waals surface area contributed by atoms with E-state index >= 15 is 0 Å². The van der Waals surface area contributed by atoms with Crippen molar-refractivity contribution in [2.45, 2.75) is 52.0 Å². The van der Waals surface area contributed by atoms with Gasteiger partial charge in [-0.15, -0.1) is 0 Å². The first-order chi connectivity index (χ1) is 19.4. The third kappa shape index (κ3) is 9.15. The van der Waals surface area contributed by atoms with E-state index in [9.17, 15) is 9.59 Å². The number of anilines is 2. The molecule has 8 heteroatoms. The number of nitrogens with zero attached hydrogens (tertiary/aromatic N) is 2. The summed E-state index contributed by atoms with van der Waals surface area (Å²) in [5.41, 5.74) is 2.67. The average Bonchev–Trinajstić information content (AvgIpc) is 3.48. The topological polar surface area (TPSA) is 85.9 Å². The van der Waals surface area contributed by atoms with Crippen molar-refractivity contribution < 1.29 is 14.3 Å². The summed E-state index contributed by atoms with van der Waals surface area (Å²) in [4.78, 5) is 30.6. The van der Waals surface area contributed by atoms with Crippen LogP contribution >= 0.6 is 0 Å². The number of carbonyl (C=O) groups excluding carboxylic acids is 2. The predicted molar refractivity (Wildman–Crippen MR) is 162 cm³/mol. The largest absolute Gasteiger partial charge is 0.493 e. The standard InChI is InChI=1S/C32H47N5O3/c1-24(2)22-30(35-31(38)26-8-12-28(13-9-26)37-20-18-36(3)19-21-37)32(39)34-17-16-33-27-10-14-29(15-11-27)40-23-25-6-4-5-7-25/h8-15,24-25,30,33H,4-7,16-23H2,1-3H3,(H,34,39)(H,35,38)/t30-/m0/s1. The summed E-state index contributed by atoms with van der Waals surface area (Å²) in [6, 6.07) is 15.1. The smallest absolute Gasteiger partial charge is 0.251 e. The Morgan fingerprint density at radius 3 is 2.25 bits per heavy atom. The highest BCUT2D eigenvalue weighted by molar-refractivity contribution is 5.97. The lowest BCUT2D eigenvalue weighted by Gasteiger charge is -2.34. The molecule has 4 rings (SSSR count). The number of amides is 2. The monoisotopic (exact) mass is 549 g/mol. The number of nitrogens with one attached hydrogen (secondary N) is 3. The highest BCUT2D eigenvalue weighted by Crippen LogP contribution is 2.26. The van der Waals surface area contributed by atoms with Crippen LogP contribution in [0.3, 0.4) is 0 Å². The van der Waals surface area contributed by atoms with Crippen LogP contribution < -0.4 is 25.6 Å². The SMILES string of the molecule is CC(C)C[C@H](NC(=O)c1ccc(N2CCN(C)CC2)cc1)C(=O)NCCNc1ccc(OCC2CCCC2)cc1. The Hall–Kier alpha value is -3.26. The van der Waals surface area contributed by atoms with Gasteiger partial charge in [-0.05, 0) is 86.7 Å².